The predicted octanol–water partition coefficient (Wildman–Crippen LogP) is 4.23. The largest absolute Gasteiger partial charge is 0.481 e. The molecule has 1 aromatic heterocycles. The third-order valence-electron chi connectivity index (χ3n) is 3.65. The number of nitriles is 1. The van der Waals surface area contributed by atoms with Crippen LogP contribution in [0.15, 0.2) is 59.3 Å². The van der Waals surface area contributed by atoms with Gasteiger partial charge < -0.3 is 9.84 Å². The first-order valence-corrected chi connectivity index (χ1v) is 9.52. The fourth-order valence-corrected chi connectivity index (χ4v) is 2.80. The van der Waals surface area contributed by atoms with Crippen LogP contribution in [-0.2, 0) is 4.79 Å². The van der Waals surface area contributed by atoms with Gasteiger partial charge in [-0.1, -0.05) is 41.9 Å². The Morgan fingerprint density at radius 2 is 1.97 bits per heavy atom. The highest BCUT2D eigenvalue weighted by molar-refractivity contribution is 9.10. The molecule has 2 aromatic carbocycles. The summed E-state index contributed by atoms with van der Waals surface area (Å²) in [6.45, 7) is 3.44. The van der Waals surface area contributed by atoms with E-state index in [1.807, 2.05) is 13.8 Å². The van der Waals surface area contributed by atoms with Gasteiger partial charge in [-0.25, -0.2) is 9.48 Å². The van der Waals surface area contributed by atoms with E-state index in [4.69, 9.17) is 9.84 Å². The molecule has 29 heavy (non-hydrogen) atoms. The second kappa shape index (κ2) is 10.2. The molecular formula is C21H18BrN3O4. The number of hydrogen-bond acceptors (Lipinski definition) is 5. The molecule has 148 valence electrons. The summed E-state index contributed by atoms with van der Waals surface area (Å²) in [5, 5.41) is 22.2. The molecular weight excluding hydrogens is 438 g/mol. The molecule has 0 spiro atoms. The highest BCUT2D eigenvalue weighted by Gasteiger charge is 2.18. The SMILES string of the molecule is CC.N#Cc1ccccc1-n1cc(C(=O)c2cc(Br)ccc2OCC(=O)O)cn1. The lowest BCUT2D eigenvalue weighted by atomic mass is 10.1. The summed E-state index contributed by atoms with van der Waals surface area (Å²) in [7, 11) is 0. The van der Waals surface area contributed by atoms with Crippen molar-refractivity contribution in [1.29, 1.82) is 5.26 Å². The van der Waals surface area contributed by atoms with Gasteiger partial charge in [0.25, 0.3) is 0 Å². The van der Waals surface area contributed by atoms with Crippen molar-refractivity contribution >= 4 is 27.7 Å². The number of aromatic nitrogens is 2. The van der Waals surface area contributed by atoms with Crippen molar-refractivity contribution < 1.29 is 19.4 Å². The minimum atomic E-state index is -1.14. The Labute approximate surface area is 176 Å². The van der Waals surface area contributed by atoms with E-state index >= 15 is 0 Å². The number of carboxylic acids is 1. The van der Waals surface area contributed by atoms with E-state index in [0.717, 1.165) is 0 Å². The van der Waals surface area contributed by atoms with Crippen molar-refractivity contribution in [2.75, 3.05) is 6.61 Å². The van der Waals surface area contributed by atoms with Crippen LogP contribution >= 0.6 is 15.9 Å². The van der Waals surface area contributed by atoms with Gasteiger partial charge in [0.2, 0.25) is 0 Å². The van der Waals surface area contributed by atoms with Crippen LogP contribution in [0.3, 0.4) is 0 Å². The van der Waals surface area contributed by atoms with Gasteiger partial charge in [0.15, 0.2) is 12.4 Å². The average Bonchev–Trinajstić information content (AvgIpc) is 3.23. The Morgan fingerprint density at radius 3 is 2.66 bits per heavy atom. The highest BCUT2D eigenvalue weighted by Crippen LogP contribution is 2.26. The van der Waals surface area contributed by atoms with Crippen molar-refractivity contribution in [3.05, 3.63) is 76.0 Å². The summed E-state index contributed by atoms with van der Waals surface area (Å²) in [5.74, 6) is -1.36. The molecule has 3 aromatic rings. The molecule has 3 rings (SSSR count). The number of halogens is 1. The summed E-state index contributed by atoms with van der Waals surface area (Å²) in [5.41, 5.74) is 1.46. The summed E-state index contributed by atoms with van der Waals surface area (Å²) in [6, 6.07) is 13.7. The molecule has 0 fully saturated rings. The number of hydrogen-bond donors (Lipinski definition) is 1. The maximum absolute atomic E-state index is 12.9. The van der Waals surface area contributed by atoms with Gasteiger partial charge in [-0.05, 0) is 30.3 Å². The number of nitrogens with zero attached hydrogens (tertiary/aromatic N) is 3. The number of rotatable bonds is 6. The van der Waals surface area contributed by atoms with Crippen molar-refractivity contribution in [2.45, 2.75) is 13.8 Å². The van der Waals surface area contributed by atoms with Crippen LogP contribution in [0.4, 0.5) is 0 Å². The first kappa shape index (κ1) is 21.9. The molecule has 0 aliphatic carbocycles. The molecule has 0 amide bonds. The molecule has 0 radical (unpaired) electrons. The zero-order chi connectivity index (χ0) is 21.4. The Balaban J connectivity index is 0.00000145. The molecule has 0 bridgehead atoms. The van der Waals surface area contributed by atoms with Crippen LogP contribution in [0, 0.1) is 11.3 Å². The van der Waals surface area contributed by atoms with Crippen molar-refractivity contribution in [2.24, 2.45) is 0 Å². The number of para-hydroxylation sites is 1. The molecule has 0 saturated carbocycles. The number of ether oxygens (including phenoxy) is 1. The van der Waals surface area contributed by atoms with Gasteiger partial charge in [-0.3, -0.25) is 4.79 Å². The number of carbonyl (C=O) groups is 2. The van der Waals surface area contributed by atoms with Crippen molar-refractivity contribution in [3.63, 3.8) is 0 Å². The maximum Gasteiger partial charge on any atom is 0.341 e. The fraction of sp³-hybridized carbons (Fsp3) is 0.143. The summed E-state index contributed by atoms with van der Waals surface area (Å²) < 4.78 is 7.31. The number of carboxylic acid groups (broad SMARTS) is 1. The Morgan fingerprint density at radius 1 is 1.24 bits per heavy atom. The van der Waals surface area contributed by atoms with Crippen LogP contribution in [0.2, 0.25) is 0 Å². The van der Waals surface area contributed by atoms with Gasteiger partial charge in [-0.2, -0.15) is 10.4 Å². The first-order valence-electron chi connectivity index (χ1n) is 8.72. The van der Waals surface area contributed by atoms with Crippen LogP contribution in [0.1, 0.15) is 35.3 Å². The third-order valence-corrected chi connectivity index (χ3v) is 4.15. The molecule has 0 saturated heterocycles. The normalized spacial score (nSPS) is 9.72. The van der Waals surface area contributed by atoms with Gasteiger partial charge in [0, 0.05) is 10.7 Å². The summed E-state index contributed by atoms with van der Waals surface area (Å²) in [6.07, 6.45) is 2.90. The van der Waals surface area contributed by atoms with Gasteiger partial charge in [0.05, 0.1) is 28.6 Å². The molecule has 7 nitrogen and oxygen atoms in total. The minimum absolute atomic E-state index is 0.163. The van der Waals surface area contributed by atoms with E-state index in [-0.39, 0.29) is 22.7 Å². The van der Waals surface area contributed by atoms with Crippen LogP contribution in [-0.4, -0.2) is 33.2 Å². The van der Waals surface area contributed by atoms with Crippen LogP contribution < -0.4 is 4.74 Å². The first-order chi connectivity index (χ1) is 14.0. The van der Waals surface area contributed by atoms with E-state index in [1.165, 1.54) is 23.1 Å². The van der Waals surface area contributed by atoms with Crippen molar-refractivity contribution in [3.8, 4) is 17.5 Å². The van der Waals surface area contributed by atoms with Crippen LogP contribution in [0.5, 0.6) is 5.75 Å². The number of benzene rings is 2. The average molecular weight is 456 g/mol. The fourth-order valence-electron chi connectivity index (χ4n) is 2.44. The Kier molecular flexibility index (Phi) is 7.69. The quantitative estimate of drug-likeness (QED) is 0.557. The van der Waals surface area contributed by atoms with Crippen LogP contribution in [0.25, 0.3) is 5.69 Å². The highest BCUT2D eigenvalue weighted by atomic mass is 79.9. The van der Waals surface area contributed by atoms with E-state index in [2.05, 4.69) is 27.1 Å². The Bertz CT molecular complexity index is 1070. The molecule has 1 heterocycles. The maximum atomic E-state index is 12.9. The summed E-state index contributed by atoms with van der Waals surface area (Å²) in [4.78, 5) is 23.6. The summed E-state index contributed by atoms with van der Waals surface area (Å²) >= 11 is 3.30. The Hall–Kier alpha value is -3.44. The van der Waals surface area contributed by atoms with Gasteiger partial charge in [-0.15, -0.1) is 0 Å². The van der Waals surface area contributed by atoms with Gasteiger partial charge in [0.1, 0.15) is 11.8 Å². The molecule has 0 atom stereocenters. The monoisotopic (exact) mass is 455 g/mol. The molecule has 0 unspecified atom stereocenters. The molecule has 1 N–H and O–H groups in total. The lowest BCUT2D eigenvalue weighted by Gasteiger charge is -2.09. The number of aliphatic carboxylic acids is 1. The van der Waals surface area contributed by atoms with Crippen molar-refractivity contribution in [1.82, 2.24) is 9.78 Å². The smallest absolute Gasteiger partial charge is 0.341 e. The molecule has 0 aliphatic heterocycles. The zero-order valence-corrected chi connectivity index (χ0v) is 17.4. The van der Waals surface area contributed by atoms with E-state index in [9.17, 15) is 14.9 Å². The standard InChI is InChI=1S/C19H12BrN3O4.C2H6/c20-14-5-6-17(27-11-18(24)25)15(7-14)19(26)13-9-22-23(10-13)16-4-2-1-3-12(16)8-21;1-2/h1-7,9-10H,11H2,(H,24,25);1-2H3. The zero-order valence-electron chi connectivity index (χ0n) is 15.8. The van der Waals surface area contributed by atoms with E-state index in [0.29, 0.717) is 15.7 Å². The lowest BCUT2D eigenvalue weighted by molar-refractivity contribution is -0.139. The second-order valence-electron chi connectivity index (χ2n) is 5.45. The third kappa shape index (κ3) is 5.30. The molecule has 0 aliphatic rings. The van der Waals surface area contributed by atoms with Gasteiger partial charge >= 0.3 is 5.97 Å². The number of carbonyl (C=O) groups excluding carboxylic acids is 1. The lowest BCUT2D eigenvalue weighted by Crippen LogP contribution is -2.12. The number of ketones is 1. The topological polar surface area (TPSA) is 105 Å². The van der Waals surface area contributed by atoms with E-state index in [1.54, 1.807) is 36.4 Å². The molecule has 8 heteroatoms. The second-order valence-corrected chi connectivity index (χ2v) is 6.37. The predicted molar refractivity (Wildman–Crippen MR) is 110 cm³/mol. The van der Waals surface area contributed by atoms with E-state index < -0.39 is 12.6 Å². The minimum Gasteiger partial charge on any atom is -0.481 e.